The van der Waals surface area contributed by atoms with E-state index < -0.39 is 0 Å². The molecule has 4 nitrogen and oxygen atoms in total. The third kappa shape index (κ3) is 3.06. The van der Waals surface area contributed by atoms with Gasteiger partial charge in [-0.3, -0.25) is 9.59 Å². The Morgan fingerprint density at radius 2 is 1.96 bits per heavy atom. The summed E-state index contributed by atoms with van der Waals surface area (Å²) in [6.07, 6.45) is 0.470. The van der Waals surface area contributed by atoms with Gasteiger partial charge >= 0.3 is 0 Å². The molecule has 0 aliphatic heterocycles. The van der Waals surface area contributed by atoms with Crippen LogP contribution in [0.25, 0.3) is 10.9 Å². The number of fused-ring (bicyclic) bond motifs is 1. The maximum Gasteiger partial charge on any atom is 0.260 e. The van der Waals surface area contributed by atoms with Crippen molar-refractivity contribution in [3.8, 4) is 0 Å². The van der Waals surface area contributed by atoms with Gasteiger partial charge in [-0.1, -0.05) is 18.2 Å². The van der Waals surface area contributed by atoms with Crippen molar-refractivity contribution < 1.29 is 9.18 Å². The molecule has 0 aliphatic rings. The molecule has 24 heavy (non-hydrogen) atoms. The highest BCUT2D eigenvalue weighted by atomic mass is 19.1. The SMILES string of the molecule is Cc1cc2ccc(N)cc2n(C(=O)CCc2cccc(F)c2)c1=O. The monoisotopic (exact) mass is 324 g/mol. The minimum atomic E-state index is -0.350. The molecular formula is C19H17FN2O2. The second-order valence-electron chi connectivity index (χ2n) is 5.81. The lowest BCUT2D eigenvalue weighted by molar-refractivity contribution is 0.0904. The Hall–Kier alpha value is -2.95. The number of aromatic nitrogens is 1. The lowest BCUT2D eigenvalue weighted by Crippen LogP contribution is -2.28. The molecule has 0 radical (unpaired) electrons. The van der Waals surface area contributed by atoms with Gasteiger partial charge in [-0.25, -0.2) is 8.96 Å². The van der Waals surface area contributed by atoms with Crippen LogP contribution in [0.2, 0.25) is 0 Å². The van der Waals surface area contributed by atoms with Crippen LogP contribution in [0.1, 0.15) is 22.3 Å². The highest BCUT2D eigenvalue weighted by Crippen LogP contribution is 2.18. The third-order valence-corrected chi connectivity index (χ3v) is 3.97. The Morgan fingerprint density at radius 1 is 1.17 bits per heavy atom. The Morgan fingerprint density at radius 3 is 2.71 bits per heavy atom. The number of nitrogens with two attached hydrogens (primary N) is 1. The molecule has 122 valence electrons. The molecule has 0 fully saturated rings. The van der Waals surface area contributed by atoms with Crippen LogP contribution in [0.5, 0.6) is 0 Å². The summed E-state index contributed by atoms with van der Waals surface area (Å²) in [6.45, 7) is 1.68. The topological polar surface area (TPSA) is 65.1 Å². The molecule has 0 bridgehead atoms. The van der Waals surface area contributed by atoms with Crippen molar-refractivity contribution in [1.29, 1.82) is 0 Å². The van der Waals surface area contributed by atoms with Gasteiger partial charge in [0.1, 0.15) is 5.82 Å². The van der Waals surface area contributed by atoms with Crippen LogP contribution in [0.15, 0.2) is 53.3 Å². The fraction of sp³-hybridized carbons (Fsp3) is 0.158. The van der Waals surface area contributed by atoms with Gasteiger partial charge in [0.2, 0.25) is 5.91 Å². The number of carbonyl (C=O) groups excluding carboxylic acids is 1. The molecule has 0 saturated carbocycles. The van der Waals surface area contributed by atoms with E-state index in [1.807, 2.05) is 0 Å². The van der Waals surface area contributed by atoms with Crippen LogP contribution >= 0.6 is 0 Å². The zero-order chi connectivity index (χ0) is 17.3. The summed E-state index contributed by atoms with van der Waals surface area (Å²) in [5.41, 5.74) is 7.63. The van der Waals surface area contributed by atoms with Gasteiger partial charge < -0.3 is 5.73 Å². The molecule has 2 N–H and O–H groups in total. The average Bonchev–Trinajstić information content (AvgIpc) is 2.54. The molecule has 1 aromatic heterocycles. The molecule has 5 heteroatoms. The summed E-state index contributed by atoms with van der Waals surface area (Å²) in [4.78, 5) is 25.1. The van der Waals surface area contributed by atoms with Crippen LogP contribution in [-0.4, -0.2) is 10.5 Å². The van der Waals surface area contributed by atoms with Crippen molar-refractivity contribution in [2.24, 2.45) is 0 Å². The first-order valence-corrected chi connectivity index (χ1v) is 7.65. The normalized spacial score (nSPS) is 10.9. The summed E-state index contributed by atoms with van der Waals surface area (Å²) >= 11 is 0. The van der Waals surface area contributed by atoms with Crippen LogP contribution in [0, 0.1) is 12.7 Å². The molecule has 0 atom stereocenters. The Bertz CT molecular complexity index is 992. The van der Waals surface area contributed by atoms with Gasteiger partial charge in [0.25, 0.3) is 5.56 Å². The number of rotatable bonds is 3. The summed E-state index contributed by atoms with van der Waals surface area (Å²) in [6, 6.07) is 13.0. The first kappa shape index (κ1) is 15.9. The zero-order valence-corrected chi connectivity index (χ0v) is 13.3. The number of aryl methyl sites for hydroxylation is 2. The zero-order valence-electron chi connectivity index (χ0n) is 13.3. The van der Waals surface area contributed by atoms with Crippen LogP contribution in [-0.2, 0) is 6.42 Å². The Balaban J connectivity index is 1.98. The molecule has 2 aromatic carbocycles. The lowest BCUT2D eigenvalue weighted by atomic mass is 10.1. The van der Waals surface area contributed by atoms with Gasteiger partial charge in [0.15, 0.2) is 0 Å². The smallest absolute Gasteiger partial charge is 0.260 e. The van der Waals surface area contributed by atoms with E-state index in [4.69, 9.17) is 5.73 Å². The summed E-state index contributed by atoms with van der Waals surface area (Å²) < 4.78 is 14.4. The number of benzene rings is 2. The van der Waals surface area contributed by atoms with Crippen molar-refractivity contribution in [1.82, 2.24) is 4.57 Å². The van der Waals surface area contributed by atoms with Crippen LogP contribution in [0.3, 0.4) is 0 Å². The number of hydrogen-bond donors (Lipinski definition) is 1. The van der Waals surface area contributed by atoms with E-state index in [2.05, 4.69) is 0 Å². The van der Waals surface area contributed by atoms with Gasteiger partial charge in [-0.2, -0.15) is 0 Å². The molecule has 3 rings (SSSR count). The van der Waals surface area contributed by atoms with Crippen molar-refractivity contribution in [3.63, 3.8) is 0 Å². The molecule has 0 unspecified atom stereocenters. The fourth-order valence-corrected chi connectivity index (χ4v) is 2.76. The first-order chi connectivity index (χ1) is 11.5. The van der Waals surface area contributed by atoms with Gasteiger partial charge in [0, 0.05) is 17.7 Å². The number of nitrogens with zero attached hydrogens (tertiary/aromatic N) is 1. The predicted molar refractivity (Wildman–Crippen MR) is 92.7 cm³/mol. The first-order valence-electron chi connectivity index (χ1n) is 7.65. The van der Waals surface area contributed by atoms with Crippen LogP contribution in [0.4, 0.5) is 10.1 Å². The minimum Gasteiger partial charge on any atom is -0.399 e. The maximum atomic E-state index is 13.2. The molecule has 0 spiro atoms. The van der Waals surface area contributed by atoms with E-state index in [-0.39, 0.29) is 23.7 Å². The minimum absolute atomic E-state index is 0.108. The van der Waals surface area contributed by atoms with E-state index in [0.717, 1.165) is 5.39 Å². The van der Waals surface area contributed by atoms with Crippen molar-refractivity contribution in [2.75, 3.05) is 5.73 Å². The van der Waals surface area contributed by atoms with E-state index in [1.165, 1.54) is 16.7 Å². The molecule has 1 heterocycles. The largest absolute Gasteiger partial charge is 0.399 e. The predicted octanol–water partition coefficient (Wildman–Crippen LogP) is 3.30. The number of halogens is 1. The van der Waals surface area contributed by atoms with Crippen molar-refractivity contribution >= 4 is 22.5 Å². The number of pyridine rings is 1. The van der Waals surface area contributed by atoms with E-state index in [9.17, 15) is 14.0 Å². The summed E-state index contributed by atoms with van der Waals surface area (Å²) in [5.74, 6) is -0.672. The molecule has 0 aliphatic carbocycles. The van der Waals surface area contributed by atoms with Crippen molar-refractivity contribution in [3.05, 3.63) is 75.8 Å². The standard InChI is InChI=1S/C19H17FN2O2/c1-12-9-14-6-7-16(21)11-17(14)22(19(12)24)18(23)8-5-13-3-2-4-15(20)10-13/h2-4,6-7,9-11H,5,8,21H2,1H3. The molecule has 3 aromatic rings. The maximum absolute atomic E-state index is 13.2. The highest BCUT2D eigenvalue weighted by Gasteiger charge is 2.14. The van der Waals surface area contributed by atoms with Gasteiger partial charge in [-0.05, 0) is 54.6 Å². The van der Waals surface area contributed by atoms with E-state index in [1.54, 1.807) is 43.3 Å². The number of hydrogen-bond acceptors (Lipinski definition) is 3. The third-order valence-electron chi connectivity index (χ3n) is 3.97. The number of anilines is 1. The summed E-state index contributed by atoms with van der Waals surface area (Å²) in [7, 11) is 0. The van der Waals surface area contributed by atoms with Crippen LogP contribution < -0.4 is 11.3 Å². The second-order valence-corrected chi connectivity index (χ2v) is 5.81. The highest BCUT2D eigenvalue weighted by molar-refractivity contribution is 5.93. The van der Waals surface area contributed by atoms with E-state index >= 15 is 0 Å². The van der Waals surface area contributed by atoms with E-state index in [0.29, 0.717) is 28.8 Å². The number of nitrogen functional groups attached to an aromatic ring is 1. The molecular weight excluding hydrogens is 307 g/mol. The lowest BCUT2D eigenvalue weighted by Gasteiger charge is -2.11. The summed E-state index contributed by atoms with van der Waals surface area (Å²) in [5, 5.41) is 0.778. The van der Waals surface area contributed by atoms with Gasteiger partial charge in [0.05, 0.1) is 5.52 Å². The second kappa shape index (κ2) is 6.28. The fourth-order valence-electron chi connectivity index (χ4n) is 2.76. The quantitative estimate of drug-likeness (QED) is 0.752. The number of carbonyl (C=O) groups is 1. The van der Waals surface area contributed by atoms with Gasteiger partial charge in [-0.15, -0.1) is 0 Å². The Labute approximate surface area is 138 Å². The molecule has 0 saturated heterocycles. The molecule has 0 amide bonds. The van der Waals surface area contributed by atoms with Crippen molar-refractivity contribution in [2.45, 2.75) is 19.8 Å². The Kier molecular flexibility index (Phi) is 4.16. The average molecular weight is 324 g/mol.